The van der Waals surface area contributed by atoms with Gasteiger partial charge in [0.05, 0.1) is 0 Å². The maximum atomic E-state index is 13.1. The second-order valence-electron chi connectivity index (χ2n) is 8.93. The van der Waals surface area contributed by atoms with Crippen LogP contribution in [0.15, 0.2) is 36.9 Å². The van der Waals surface area contributed by atoms with Crippen molar-refractivity contribution in [3.05, 3.63) is 36.9 Å². The van der Waals surface area contributed by atoms with E-state index in [-0.39, 0.29) is 17.9 Å². The molecule has 1 aliphatic carbocycles. The van der Waals surface area contributed by atoms with Crippen LogP contribution in [0.25, 0.3) is 0 Å². The number of amides is 4. The summed E-state index contributed by atoms with van der Waals surface area (Å²) in [6.07, 6.45) is 3.81. The molecule has 1 aromatic carbocycles. The van der Waals surface area contributed by atoms with Crippen molar-refractivity contribution in [2.24, 2.45) is 11.3 Å². The van der Waals surface area contributed by atoms with Crippen LogP contribution in [0.1, 0.15) is 40.0 Å². The van der Waals surface area contributed by atoms with E-state index in [0.29, 0.717) is 36.8 Å². The van der Waals surface area contributed by atoms with Gasteiger partial charge in [-0.3, -0.25) is 14.5 Å². The van der Waals surface area contributed by atoms with E-state index in [1.807, 2.05) is 0 Å². The Labute approximate surface area is 171 Å². The second kappa shape index (κ2) is 7.89. The van der Waals surface area contributed by atoms with E-state index >= 15 is 0 Å². The Morgan fingerprint density at radius 3 is 2.83 bits per heavy atom. The standard InChI is InChI=1S/C22H29N3O4/c1-5-9-29-17-8-6-7-16(10-17)23-18(26)13-25-19(27)22(24-20(25)28)12-15(2)11-21(3,4)14-22/h5-8,10,15H,1,9,11-14H2,2-4H3,(H,23,26)(H,24,28). The summed E-state index contributed by atoms with van der Waals surface area (Å²) in [6, 6.07) is 6.42. The van der Waals surface area contributed by atoms with Gasteiger partial charge >= 0.3 is 6.03 Å². The third-order valence-corrected chi connectivity index (χ3v) is 5.41. The lowest BCUT2D eigenvalue weighted by molar-refractivity contribution is -0.136. The van der Waals surface area contributed by atoms with Crippen molar-refractivity contribution in [3.63, 3.8) is 0 Å². The molecular weight excluding hydrogens is 370 g/mol. The van der Waals surface area contributed by atoms with Gasteiger partial charge in [-0.1, -0.05) is 39.5 Å². The monoisotopic (exact) mass is 399 g/mol. The van der Waals surface area contributed by atoms with E-state index in [0.717, 1.165) is 11.3 Å². The van der Waals surface area contributed by atoms with Crippen molar-refractivity contribution in [2.45, 2.75) is 45.6 Å². The number of carbonyl (C=O) groups is 3. The van der Waals surface area contributed by atoms with E-state index in [2.05, 4.69) is 38.0 Å². The summed E-state index contributed by atoms with van der Waals surface area (Å²) in [4.78, 5) is 39.2. The maximum absolute atomic E-state index is 13.1. The van der Waals surface area contributed by atoms with E-state index in [1.165, 1.54) is 0 Å². The number of hydrogen-bond acceptors (Lipinski definition) is 4. The second-order valence-corrected chi connectivity index (χ2v) is 8.93. The molecule has 7 heteroatoms. The fourth-order valence-electron chi connectivity index (χ4n) is 4.81. The molecule has 1 aliphatic heterocycles. The van der Waals surface area contributed by atoms with Crippen molar-refractivity contribution >= 4 is 23.5 Å². The average molecular weight is 399 g/mol. The molecule has 156 valence electrons. The molecule has 2 atom stereocenters. The number of anilines is 1. The van der Waals surface area contributed by atoms with Gasteiger partial charge in [-0.15, -0.1) is 0 Å². The van der Waals surface area contributed by atoms with Gasteiger partial charge in [0.15, 0.2) is 0 Å². The van der Waals surface area contributed by atoms with Crippen LogP contribution in [0.4, 0.5) is 10.5 Å². The highest BCUT2D eigenvalue weighted by Gasteiger charge is 2.56. The number of imide groups is 1. The number of hydrogen-bond donors (Lipinski definition) is 2. The topological polar surface area (TPSA) is 87.7 Å². The highest BCUT2D eigenvalue weighted by molar-refractivity contribution is 6.10. The SMILES string of the molecule is C=CCOc1cccc(NC(=O)CN2C(=O)NC3(CC(C)CC(C)(C)C3)C2=O)c1. The molecule has 2 N–H and O–H groups in total. The quantitative estimate of drug-likeness (QED) is 0.567. The Morgan fingerprint density at radius 2 is 2.14 bits per heavy atom. The Balaban J connectivity index is 1.67. The minimum absolute atomic E-state index is 0.0508. The number of urea groups is 1. The molecule has 3 rings (SSSR count). The molecule has 1 saturated heterocycles. The van der Waals surface area contributed by atoms with Gasteiger partial charge in [-0.05, 0) is 42.7 Å². The summed E-state index contributed by atoms with van der Waals surface area (Å²) < 4.78 is 5.45. The zero-order valence-corrected chi connectivity index (χ0v) is 17.3. The highest BCUT2D eigenvalue weighted by atomic mass is 16.5. The third kappa shape index (κ3) is 4.60. The molecule has 1 saturated carbocycles. The Hall–Kier alpha value is -2.83. The van der Waals surface area contributed by atoms with Crippen LogP contribution < -0.4 is 15.4 Å². The van der Waals surface area contributed by atoms with Crippen LogP contribution in [0.2, 0.25) is 0 Å². The zero-order valence-electron chi connectivity index (χ0n) is 17.3. The number of nitrogens with zero attached hydrogens (tertiary/aromatic N) is 1. The first kappa shape index (κ1) is 20.9. The fraction of sp³-hybridized carbons (Fsp3) is 0.500. The van der Waals surface area contributed by atoms with E-state index in [4.69, 9.17) is 4.74 Å². The van der Waals surface area contributed by atoms with Crippen molar-refractivity contribution in [3.8, 4) is 5.75 Å². The van der Waals surface area contributed by atoms with Gasteiger partial charge in [-0.25, -0.2) is 4.79 Å². The summed E-state index contributed by atoms with van der Waals surface area (Å²) in [7, 11) is 0. The maximum Gasteiger partial charge on any atom is 0.325 e. The van der Waals surface area contributed by atoms with E-state index in [9.17, 15) is 14.4 Å². The summed E-state index contributed by atoms with van der Waals surface area (Å²) >= 11 is 0. The first-order chi connectivity index (χ1) is 13.6. The van der Waals surface area contributed by atoms with E-state index in [1.54, 1.807) is 30.3 Å². The lowest BCUT2D eigenvalue weighted by Gasteiger charge is -2.43. The molecule has 1 spiro atoms. The first-order valence-corrected chi connectivity index (χ1v) is 9.92. The minimum atomic E-state index is -0.906. The molecule has 1 aromatic rings. The number of ether oxygens (including phenoxy) is 1. The molecule has 2 unspecified atom stereocenters. The van der Waals surface area contributed by atoms with Crippen molar-refractivity contribution in [1.82, 2.24) is 10.2 Å². The molecule has 0 bridgehead atoms. The van der Waals surface area contributed by atoms with Crippen molar-refractivity contribution in [1.29, 1.82) is 0 Å². The third-order valence-electron chi connectivity index (χ3n) is 5.41. The molecule has 2 aliphatic rings. The predicted molar refractivity (Wildman–Crippen MR) is 111 cm³/mol. The lowest BCUT2D eigenvalue weighted by atomic mass is 9.64. The normalized spacial score (nSPS) is 25.6. The molecule has 1 heterocycles. The first-order valence-electron chi connectivity index (χ1n) is 9.92. The molecule has 4 amide bonds. The summed E-state index contributed by atoms with van der Waals surface area (Å²) in [5, 5.41) is 5.61. The van der Waals surface area contributed by atoms with Gasteiger partial charge < -0.3 is 15.4 Å². The molecule has 0 aromatic heterocycles. The number of benzene rings is 1. The summed E-state index contributed by atoms with van der Waals surface area (Å²) in [6.45, 7) is 9.95. The molecule has 29 heavy (non-hydrogen) atoms. The smallest absolute Gasteiger partial charge is 0.325 e. The lowest BCUT2D eigenvalue weighted by Crippen LogP contribution is -2.54. The van der Waals surface area contributed by atoms with E-state index < -0.39 is 17.5 Å². The van der Waals surface area contributed by atoms with Crippen LogP contribution in [0.5, 0.6) is 5.75 Å². The fourth-order valence-corrected chi connectivity index (χ4v) is 4.81. The zero-order chi connectivity index (χ0) is 21.2. The number of nitrogens with one attached hydrogen (secondary N) is 2. The number of rotatable bonds is 6. The Bertz CT molecular complexity index is 835. The van der Waals surface area contributed by atoms with Gasteiger partial charge in [-0.2, -0.15) is 0 Å². The van der Waals surface area contributed by atoms with Gasteiger partial charge in [0.25, 0.3) is 5.91 Å². The summed E-state index contributed by atoms with van der Waals surface area (Å²) in [5.41, 5.74) is -0.424. The molecule has 7 nitrogen and oxygen atoms in total. The van der Waals surface area contributed by atoms with Crippen LogP contribution in [-0.2, 0) is 9.59 Å². The summed E-state index contributed by atoms with van der Waals surface area (Å²) in [5.74, 6) is 0.167. The van der Waals surface area contributed by atoms with Crippen molar-refractivity contribution < 1.29 is 19.1 Å². The van der Waals surface area contributed by atoms with Crippen LogP contribution in [0, 0.1) is 11.3 Å². The van der Waals surface area contributed by atoms with Gasteiger partial charge in [0.1, 0.15) is 24.4 Å². The highest BCUT2D eigenvalue weighted by Crippen LogP contribution is 2.46. The largest absolute Gasteiger partial charge is 0.489 e. The van der Waals surface area contributed by atoms with Crippen molar-refractivity contribution in [2.75, 3.05) is 18.5 Å². The van der Waals surface area contributed by atoms with Gasteiger partial charge in [0, 0.05) is 11.8 Å². The average Bonchev–Trinajstić information content (AvgIpc) is 2.82. The van der Waals surface area contributed by atoms with Crippen LogP contribution >= 0.6 is 0 Å². The number of carbonyl (C=O) groups excluding carboxylic acids is 3. The molecular formula is C22H29N3O4. The van der Waals surface area contributed by atoms with Crippen LogP contribution in [0.3, 0.4) is 0 Å². The predicted octanol–water partition coefficient (Wildman–Crippen LogP) is 3.33. The Morgan fingerprint density at radius 1 is 1.38 bits per heavy atom. The van der Waals surface area contributed by atoms with Crippen LogP contribution in [-0.4, -0.2) is 41.4 Å². The minimum Gasteiger partial charge on any atom is -0.489 e. The molecule has 0 radical (unpaired) electrons. The van der Waals surface area contributed by atoms with Gasteiger partial charge in [0.2, 0.25) is 5.91 Å². The molecule has 2 fully saturated rings. The Kier molecular flexibility index (Phi) is 5.68.